The van der Waals surface area contributed by atoms with Crippen molar-refractivity contribution in [3.8, 4) is 0 Å². The van der Waals surface area contributed by atoms with E-state index in [4.69, 9.17) is 0 Å². The number of hydrogen-bond acceptors (Lipinski definition) is 5. The summed E-state index contributed by atoms with van der Waals surface area (Å²) in [5, 5.41) is 13.6. The van der Waals surface area contributed by atoms with Gasteiger partial charge < -0.3 is 5.32 Å². The second kappa shape index (κ2) is 6.86. The van der Waals surface area contributed by atoms with Crippen molar-refractivity contribution in [3.63, 3.8) is 0 Å². The van der Waals surface area contributed by atoms with E-state index in [1.807, 2.05) is 0 Å². The fraction of sp³-hybridized carbons (Fsp3) is 0.533. The Bertz CT molecular complexity index is 776. The zero-order valence-electron chi connectivity index (χ0n) is 13.9. The minimum atomic E-state index is -4.01. The molecule has 0 bridgehead atoms. The Labute approximate surface area is 141 Å². The lowest BCUT2D eigenvalue weighted by molar-refractivity contribution is -0.385. The van der Waals surface area contributed by atoms with Crippen LogP contribution in [0.2, 0.25) is 0 Å². The van der Waals surface area contributed by atoms with Gasteiger partial charge in [0.25, 0.3) is 5.69 Å². The highest BCUT2D eigenvalue weighted by Crippen LogP contribution is 2.31. The number of amides is 1. The number of nitro groups is 1. The average molecular weight is 355 g/mol. The average Bonchev–Trinajstić information content (AvgIpc) is 2.56. The molecular formula is C15H21N3O5S. The van der Waals surface area contributed by atoms with Crippen LogP contribution in [0.5, 0.6) is 0 Å². The fourth-order valence-corrected chi connectivity index (χ4v) is 4.91. The third-order valence-corrected chi connectivity index (χ3v) is 6.44. The Morgan fingerprint density at radius 1 is 1.33 bits per heavy atom. The summed E-state index contributed by atoms with van der Waals surface area (Å²) in [6, 6.07) is 1.64. The van der Waals surface area contributed by atoms with Crippen LogP contribution in [0.4, 0.5) is 5.69 Å². The molecule has 0 spiro atoms. The van der Waals surface area contributed by atoms with Crippen LogP contribution in [0.15, 0.2) is 17.0 Å². The number of hydrogen-bond donors (Lipinski definition) is 1. The molecule has 0 aromatic heterocycles. The summed E-state index contributed by atoms with van der Waals surface area (Å²) in [7, 11) is -2.54. The lowest BCUT2D eigenvalue weighted by atomic mass is 10.0. The highest BCUT2D eigenvalue weighted by atomic mass is 32.2. The lowest BCUT2D eigenvalue weighted by Gasteiger charge is -2.33. The monoisotopic (exact) mass is 355 g/mol. The topological polar surface area (TPSA) is 110 Å². The van der Waals surface area contributed by atoms with Gasteiger partial charge in [0.15, 0.2) is 0 Å². The zero-order valence-corrected chi connectivity index (χ0v) is 14.7. The Balaban J connectivity index is 2.57. The van der Waals surface area contributed by atoms with Gasteiger partial charge >= 0.3 is 0 Å². The van der Waals surface area contributed by atoms with Crippen LogP contribution in [0.3, 0.4) is 0 Å². The van der Waals surface area contributed by atoms with Gasteiger partial charge in [-0.2, -0.15) is 4.31 Å². The first kappa shape index (κ1) is 18.3. The highest BCUT2D eigenvalue weighted by molar-refractivity contribution is 7.89. The van der Waals surface area contributed by atoms with Crippen molar-refractivity contribution in [2.75, 3.05) is 13.6 Å². The number of likely N-dealkylation sites (N-methyl/N-ethyl adjacent to an activating group) is 1. The molecule has 0 saturated carbocycles. The van der Waals surface area contributed by atoms with E-state index in [2.05, 4.69) is 5.32 Å². The Kier molecular flexibility index (Phi) is 5.24. The van der Waals surface area contributed by atoms with Crippen molar-refractivity contribution in [3.05, 3.63) is 33.4 Å². The van der Waals surface area contributed by atoms with Gasteiger partial charge in [0.2, 0.25) is 15.9 Å². The molecule has 1 N–H and O–H groups in total. The van der Waals surface area contributed by atoms with Gasteiger partial charge in [-0.1, -0.05) is 6.42 Å². The van der Waals surface area contributed by atoms with Gasteiger partial charge in [-0.05, 0) is 37.8 Å². The van der Waals surface area contributed by atoms with Crippen LogP contribution >= 0.6 is 0 Å². The normalized spacial score (nSPS) is 19.0. The maximum Gasteiger partial charge on any atom is 0.271 e. The fourth-order valence-electron chi connectivity index (χ4n) is 2.93. The van der Waals surface area contributed by atoms with Gasteiger partial charge in [0.1, 0.15) is 6.04 Å². The SMILES string of the molecule is CNC(=O)C1CCCCN1S(=O)(=O)c1cc([N+](=O)[O-])cc(C)c1C. The van der Waals surface area contributed by atoms with Gasteiger partial charge in [0.05, 0.1) is 9.82 Å². The minimum absolute atomic E-state index is 0.106. The Hall–Kier alpha value is -2.00. The Morgan fingerprint density at radius 3 is 2.58 bits per heavy atom. The van der Waals surface area contributed by atoms with Crippen LogP contribution in [0.1, 0.15) is 30.4 Å². The molecule has 1 amide bonds. The molecule has 1 saturated heterocycles. The number of carbonyl (C=O) groups is 1. The summed E-state index contributed by atoms with van der Waals surface area (Å²) in [5.74, 6) is -0.363. The number of nitrogens with one attached hydrogen (secondary N) is 1. The predicted octanol–water partition coefficient (Wildman–Crippen LogP) is 1.50. The molecule has 2 rings (SSSR count). The molecule has 1 aromatic carbocycles. The van der Waals surface area contributed by atoms with Gasteiger partial charge in [-0.25, -0.2) is 8.42 Å². The van der Waals surface area contributed by atoms with E-state index in [0.29, 0.717) is 24.0 Å². The van der Waals surface area contributed by atoms with Crippen molar-refractivity contribution in [1.29, 1.82) is 0 Å². The smallest absolute Gasteiger partial charge is 0.271 e. The summed E-state index contributed by atoms with van der Waals surface area (Å²) < 4.78 is 27.3. The van der Waals surface area contributed by atoms with Crippen LogP contribution in [0.25, 0.3) is 0 Å². The standard InChI is InChI=1S/C15H21N3O5S/c1-10-8-12(18(20)21)9-14(11(10)2)24(22,23)17-7-5-4-6-13(17)15(19)16-3/h8-9,13H,4-7H2,1-3H3,(H,16,19). The van der Waals surface area contributed by atoms with Crippen molar-refractivity contribution in [2.24, 2.45) is 0 Å². The third-order valence-electron chi connectivity index (χ3n) is 4.40. The lowest BCUT2D eigenvalue weighted by Crippen LogP contribution is -2.51. The number of benzene rings is 1. The van der Waals surface area contributed by atoms with Crippen molar-refractivity contribution < 1.29 is 18.1 Å². The van der Waals surface area contributed by atoms with E-state index in [1.165, 1.54) is 17.4 Å². The third kappa shape index (κ3) is 3.27. The minimum Gasteiger partial charge on any atom is -0.358 e. The van der Waals surface area contributed by atoms with E-state index in [0.717, 1.165) is 12.5 Å². The van der Waals surface area contributed by atoms with E-state index in [9.17, 15) is 23.3 Å². The molecule has 9 heteroatoms. The van der Waals surface area contributed by atoms with Gasteiger partial charge in [-0.3, -0.25) is 14.9 Å². The molecule has 0 radical (unpaired) electrons. The van der Waals surface area contributed by atoms with Crippen LogP contribution in [-0.4, -0.2) is 43.2 Å². The van der Waals surface area contributed by atoms with Gasteiger partial charge in [-0.15, -0.1) is 0 Å². The zero-order chi connectivity index (χ0) is 18.1. The molecule has 8 nitrogen and oxygen atoms in total. The summed E-state index contributed by atoms with van der Waals surface area (Å²) >= 11 is 0. The number of nitrogens with zero attached hydrogens (tertiary/aromatic N) is 2. The summed E-state index contributed by atoms with van der Waals surface area (Å²) in [5.41, 5.74) is 0.711. The molecule has 1 unspecified atom stereocenters. The molecule has 0 aliphatic carbocycles. The van der Waals surface area contributed by atoms with E-state index >= 15 is 0 Å². The Morgan fingerprint density at radius 2 is 2.00 bits per heavy atom. The number of sulfonamides is 1. The second-order valence-electron chi connectivity index (χ2n) is 5.88. The van der Waals surface area contributed by atoms with Crippen molar-refractivity contribution in [2.45, 2.75) is 44.0 Å². The molecule has 1 atom stereocenters. The molecule has 24 heavy (non-hydrogen) atoms. The molecule has 1 heterocycles. The molecule has 1 aromatic rings. The number of carbonyl (C=O) groups excluding carboxylic acids is 1. The molecule has 1 fully saturated rings. The maximum absolute atomic E-state index is 13.1. The van der Waals surface area contributed by atoms with Crippen LogP contribution < -0.4 is 5.32 Å². The first-order valence-corrected chi connectivity index (χ1v) is 9.13. The second-order valence-corrected chi connectivity index (χ2v) is 7.74. The summed E-state index contributed by atoms with van der Waals surface area (Å²) in [6.07, 6.45) is 1.85. The van der Waals surface area contributed by atoms with E-state index in [1.54, 1.807) is 13.8 Å². The largest absolute Gasteiger partial charge is 0.358 e. The first-order valence-electron chi connectivity index (χ1n) is 7.69. The summed E-state index contributed by atoms with van der Waals surface area (Å²) in [6.45, 7) is 3.47. The number of nitro benzene ring substituents is 1. The van der Waals surface area contributed by atoms with Crippen LogP contribution in [-0.2, 0) is 14.8 Å². The highest BCUT2D eigenvalue weighted by Gasteiger charge is 2.38. The van der Waals surface area contributed by atoms with Gasteiger partial charge in [0, 0.05) is 25.7 Å². The maximum atomic E-state index is 13.1. The van der Waals surface area contributed by atoms with Crippen LogP contribution in [0, 0.1) is 24.0 Å². The quantitative estimate of drug-likeness (QED) is 0.650. The number of piperidine rings is 1. The van der Waals surface area contributed by atoms with Crippen molar-refractivity contribution in [1.82, 2.24) is 9.62 Å². The first-order chi connectivity index (χ1) is 11.2. The number of non-ortho nitro benzene ring substituents is 1. The predicted molar refractivity (Wildman–Crippen MR) is 88.2 cm³/mol. The number of rotatable bonds is 4. The number of aryl methyl sites for hydroxylation is 1. The molecular weight excluding hydrogens is 334 g/mol. The van der Waals surface area contributed by atoms with Crippen molar-refractivity contribution >= 4 is 21.6 Å². The molecule has 1 aliphatic heterocycles. The molecule has 132 valence electrons. The van der Waals surface area contributed by atoms with E-state index < -0.39 is 21.0 Å². The molecule has 1 aliphatic rings. The summed E-state index contributed by atoms with van der Waals surface area (Å²) in [4.78, 5) is 22.4. The van der Waals surface area contributed by atoms with E-state index in [-0.39, 0.29) is 23.0 Å².